The molecule has 1 aromatic carbocycles. The molecule has 1 fully saturated rings. The largest absolute Gasteiger partial charge is 0.459 e. The predicted octanol–water partition coefficient (Wildman–Crippen LogP) is 5.60. The minimum absolute atomic E-state index is 0.00737. The summed E-state index contributed by atoms with van der Waals surface area (Å²) in [5.41, 5.74) is 1.93. The molecule has 0 amide bonds. The van der Waals surface area contributed by atoms with Gasteiger partial charge in [0.05, 0.1) is 11.6 Å². The summed E-state index contributed by atoms with van der Waals surface area (Å²) in [6.07, 6.45) is 13.3. The number of hydrogen-bond donors (Lipinski definition) is 0. The molecule has 1 aliphatic rings. The number of unbranched alkanes of at least 4 members (excludes halogenated alkanes) is 3. The zero-order valence-electron chi connectivity index (χ0n) is 15.2. The summed E-state index contributed by atoms with van der Waals surface area (Å²) in [7, 11) is 0. The first-order valence-corrected chi connectivity index (χ1v) is 9.59. The first-order chi connectivity index (χ1) is 12.2. The van der Waals surface area contributed by atoms with Crippen molar-refractivity contribution >= 4 is 5.97 Å². The normalized spacial score (nSPS) is 20.3. The van der Waals surface area contributed by atoms with Gasteiger partial charge in [-0.2, -0.15) is 5.26 Å². The lowest BCUT2D eigenvalue weighted by Gasteiger charge is -2.26. The van der Waals surface area contributed by atoms with Crippen molar-refractivity contribution in [1.82, 2.24) is 0 Å². The molecule has 0 bridgehead atoms. The van der Waals surface area contributed by atoms with E-state index in [1.165, 1.54) is 31.2 Å². The van der Waals surface area contributed by atoms with Gasteiger partial charge < -0.3 is 4.74 Å². The summed E-state index contributed by atoms with van der Waals surface area (Å²) in [4.78, 5) is 12.3. The maximum atomic E-state index is 12.3. The van der Waals surface area contributed by atoms with Crippen LogP contribution in [0.25, 0.3) is 0 Å². The summed E-state index contributed by atoms with van der Waals surface area (Å²) < 4.78 is 5.66. The Bertz CT molecular complexity index is 589. The second kappa shape index (κ2) is 10.7. The van der Waals surface area contributed by atoms with Crippen molar-refractivity contribution in [1.29, 1.82) is 5.26 Å². The van der Waals surface area contributed by atoms with Crippen LogP contribution in [0.4, 0.5) is 0 Å². The van der Waals surface area contributed by atoms with Gasteiger partial charge in [-0.25, -0.2) is 4.79 Å². The molecule has 3 nitrogen and oxygen atoms in total. The monoisotopic (exact) mass is 339 g/mol. The fraction of sp³-hybridized carbons (Fsp3) is 0.545. The van der Waals surface area contributed by atoms with Crippen molar-refractivity contribution in [3.63, 3.8) is 0 Å². The summed E-state index contributed by atoms with van der Waals surface area (Å²) in [6.45, 7) is 2.22. The van der Waals surface area contributed by atoms with E-state index in [2.05, 4.69) is 6.92 Å². The van der Waals surface area contributed by atoms with Crippen molar-refractivity contribution in [3.8, 4) is 6.07 Å². The Morgan fingerprint density at radius 3 is 2.52 bits per heavy atom. The van der Waals surface area contributed by atoms with Crippen LogP contribution in [0.2, 0.25) is 0 Å². The summed E-state index contributed by atoms with van der Waals surface area (Å²) in [6, 6.07) is 9.91. The van der Waals surface area contributed by atoms with E-state index in [4.69, 9.17) is 10.00 Å². The maximum absolute atomic E-state index is 12.3. The highest BCUT2D eigenvalue weighted by Gasteiger charge is 2.23. The standard InChI is InChI=1S/C22H29NO2/c1-2-3-4-5-7-18-9-13-20(14-10-18)22(24)25-21-15-11-19(12-16-21)8-6-17-23/h6,8-10,13-14,19,21H,2-5,7,11-12,15-16H2,1H3/t19-,21-. The van der Waals surface area contributed by atoms with Gasteiger partial charge in [-0.1, -0.05) is 44.4 Å². The number of benzene rings is 1. The van der Waals surface area contributed by atoms with Crippen molar-refractivity contribution < 1.29 is 9.53 Å². The van der Waals surface area contributed by atoms with E-state index in [1.807, 2.05) is 36.4 Å². The van der Waals surface area contributed by atoms with Crippen molar-refractivity contribution in [2.45, 2.75) is 70.8 Å². The van der Waals surface area contributed by atoms with Crippen LogP contribution >= 0.6 is 0 Å². The first kappa shape index (κ1) is 19.2. The Morgan fingerprint density at radius 2 is 1.88 bits per heavy atom. The van der Waals surface area contributed by atoms with Crippen LogP contribution in [0, 0.1) is 17.2 Å². The molecular weight excluding hydrogens is 310 g/mol. The number of allylic oxidation sites excluding steroid dienone is 2. The van der Waals surface area contributed by atoms with Gasteiger partial charge in [0, 0.05) is 6.08 Å². The average molecular weight is 339 g/mol. The Hall–Kier alpha value is -2.08. The Morgan fingerprint density at radius 1 is 1.16 bits per heavy atom. The van der Waals surface area contributed by atoms with Crippen molar-refractivity contribution in [3.05, 3.63) is 47.5 Å². The number of esters is 1. The molecule has 0 N–H and O–H groups in total. The third-order valence-corrected chi connectivity index (χ3v) is 4.94. The lowest BCUT2D eigenvalue weighted by molar-refractivity contribution is 0.0185. The van der Waals surface area contributed by atoms with Crippen LogP contribution in [0.15, 0.2) is 36.4 Å². The molecule has 0 saturated heterocycles. The molecule has 0 heterocycles. The van der Waals surface area contributed by atoms with Gasteiger partial charge in [-0.15, -0.1) is 0 Å². The maximum Gasteiger partial charge on any atom is 0.338 e. The quantitative estimate of drug-likeness (QED) is 0.351. The molecular formula is C22H29NO2. The number of rotatable bonds is 8. The number of nitrogens with zero attached hydrogens (tertiary/aromatic N) is 1. The molecule has 0 aromatic heterocycles. The topological polar surface area (TPSA) is 50.1 Å². The molecule has 2 rings (SSSR count). The van der Waals surface area contributed by atoms with E-state index < -0.39 is 0 Å². The second-order valence-electron chi connectivity index (χ2n) is 6.94. The van der Waals surface area contributed by atoms with E-state index in [0.717, 1.165) is 32.1 Å². The van der Waals surface area contributed by atoms with Crippen LogP contribution in [0.1, 0.15) is 74.2 Å². The van der Waals surface area contributed by atoms with Gasteiger partial charge in [0.2, 0.25) is 0 Å². The third kappa shape index (κ3) is 6.74. The second-order valence-corrected chi connectivity index (χ2v) is 6.94. The van der Waals surface area contributed by atoms with Crippen molar-refractivity contribution in [2.24, 2.45) is 5.92 Å². The molecule has 134 valence electrons. The van der Waals surface area contributed by atoms with Gasteiger partial charge >= 0.3 is 5.97 Å². The number of carbonyl (C=O) groups excluding carboxylic acids is 1. The van der Waals surface area contributed by atoms with Gasteiger partial charge in [0.1, 0.15) is 6.10 Å². The number of aryl methyl sites for hydroxylation is 1. The van der Waals surface area contributed by atoms with Crippen molar-refractivity contribution in [2.75, 3.05) is 0 Å². The summed E-state index contributed by atoms with van der Waals surface area (Å²) in [5, 5.41) is 8.58. The smallest absolute Gasteiger partial charge is 0.338 e. The zero-order valence-corrected chi connectivity index (χ0v) is 15.2. The van der Waals surface area contributed by atoms with E-state index >= 15 is 0 Å². The number of ether oxygens (including phenoxy) is 1. The van der Waals surface area contributed by atoms with E-state index in [0.29, 0.717) is 11.5 Å². The molecule has 0 radical (unpaired) electrons. The van der Waals surface area contributed by atoms with Gasteiger partial charge in [-0.05, 0) is 62.1 Å². The van der Waals surface area contributed by atoms with Gasteiger partial charge in [0.15, 0.2) is 0 Å². The number of nitriles is 1. The molecule has 0 atom stereocenters. The number of carbonyl (C=O) groups is 1. The van der Waals surface area contributed by atoms with Gasteiger partial charge in [-0.3, -0.25) is 0 Å². The Kier molecular flexibility index (Phi) is 8.25. The highest BCUT2D eigenvalue weighted by molar-refractivity contribution is 5.89. The van der Waals surface area contributed by atoms with E-state index in [9.17, 15) is 4.79 Å². The lowest BCUT2D eigenvalue weighted by Crippen LogP contribution is -2.24. The van der Waals surface area contributed by atoms with Gasteiger partial charge in [0.25, 0.3) is 0 Å². The Labute approximate surface area is 151 Å². The SMILES string of the molecule is CCCCCCc1ccc(C(=O)O[C@H]2CC[C@H](C=CC#N)CC2)cc1. The highest BCUT2D eigenvalue weighted by atomic mass is 16.5. The highest BCUT2D eigenvalue weighted by Crippen LogP contribution is 2.27. The Balaban J connectivity index is 1.76. The molecule has 25 heavy (non-hydrogen) atoms. The zero-order chi connectivity index (χ0) is 17.9. The predicted molar refractivity (Wildman–Crippen MR) is 100 cm³/mol. The minimum Gasteiger partial charge on any atom is -0.459 e. The fourth-order valence-corrected chi connectivity index (χ4v) is 3.36. The van der Waals surface area contributed by atoms with Crippen LogP contribution < -0.4 is 0 Å². The molecule has 3 heteroatoms. The minimum atomic E-state index is -0.214. The lowest BCUT2D eigenvalue weighted by atomic mass is 9.87. The van der Waals surface area contributed by atoms with Crippen LogP contribution in [-0.4, -0.2) is 12.1 Å². The summed E-state index contributed by atoms with van der Waals surface area (Å²) >= 11 is 0. The molecule has 0 spiro atoms. The third-order valence-electron chi connectivity index (χ3n) is 4.94. The average Bonchev–Trinajstić information content (AvgIpc) is 2.65. The number of hydrogen-bond acceptors (Lipinski definition) is 3. The van der Waals surface area contributed by atoms with E-state index in [1.54, 1.807) is 6.08 Å². The molecule has 0 aliphatic heterocycles. The molecule has 1 aliphatic carbocycles. The fourth-order valence-electron chi connectivity index (χ4n) is 3.36. The van der Waals surface area contributed by atoms with Crippen LogP contribution in [0.5, 0.6) is 0 Å². The van der Waals surface area contributed by atoms with Crippen LogP contribution in [0.3, 0.4) is 0 Å². The van der Waals surface area contributed by atoms with E-state index in [-0.39, 0.29) is 12.1 Å². The molecule has 1 saturated carbocycles. The van der Waals surface area contributed by atoms with Crippen LogP contribution in [-0.2, 0) is 11.2 Å². The summed E-state index contributed by atoms with van der Waals surface area (Å²) in [5.74, 6) is 0.232. The first-order valence-electron chi connectivity index (χ1n) is 9.59. The molecule has 1 aromatic rings. The molecule has 0 unspecified atom stereocenters.